The molecule has 1 aliphatic heterocycles. The van der Waals surface area contributed by atoms with Gasteiger partial charge in [0.05, 0.1) is 18.7 Å². The topological polar surface area (TPSA) is 141 Å². The Morgan fingerprint density at radius 1 is 1.14 bits per heavy atom. The Morgan fingerprint density at radius 2 is 1.89 bits per heavy atom. The fraction of sp³-hybridized carbons (Fsp3) is 0.294. The number of carbonyl (C=O) groups excluding carboxylic acids is 1. The van der Waals surface area contributed by atoms with Crippen molar-refractivity contribution in [2.75, 3.05) is 31.2 Å². The molecule has 11 heteroatoms. The lowest BCUT2D eigenvalue weighted by Gasteiger charge is -2.25. The highest BCUT2D eigenvalue weighted by Gasteiger charge is 2.28. The molecular weight excluding hydrogens is 364 g/mol. The van der Waals surface area contributed by atoms with E-state index in [2.05, 4.69) is 30.8 Å². The number of rotatable bonds is 5. The Kier molecular flexibility index (Phi) is 5.17. The van der Waals surface area contributed by atoms with Crippen LogP contribution in [0.2, 0.25) is 0 Å². The SMILES string of the molecule is NNC(=O)C(Oc1ccnc2ccccc12)c1nnc(N2CCOCC2)nn1. The van der Waals surface area contributed by atoms with Crippen LogP contribution in [-0.2, 0) is 9.53 Å². The number of amides is 1. The normalized spacial score (nSPS) is 15.2. The molecule has 3 heterocycles. The second-order valence-corrected chi connectivity index (χ2v) is 5.99. The second-order valence-electron chi connectivity index (χ2n) is 5.99. The zero-order valence-corrected chi connectivity index (χ0v) is 14.9. The zero-order valence-electron chi connectivity index (χ0n) is 14.9. The van der Waals surface area contributed by atoms with Crippen LogP contribution in [0.4, 0.5) is 5.95 Å². The van der Waals surface area contributed by atoms with Crippen LogP contribution in [0.5, 0.6) is 5.75 Å². The van der Waals surface area contributed by atoms with Crippen LogP contribution >= 0.6 is 0 Å². The minimum Gasteiger partial charge on any atom is -0.471 e. The van der Waals surface area contributed by atoms with E-state index in [-0.39, 0.29) is 5.82 Å². The van der Waals surface area contributed by atoms with Gasteiger partial charge in [0.25, 0.3) is 11.9 Å². The van der Waals surface area contributed by atoms with E-state index < -0.39 is 12.0 Å². The molecule has 11 nitrogen and oxygen atoms in total. The number of carbonyl (C=O) groups is 1. The fourth-order valence-electron chi connectivity index (χ4n) is 2.83. The van der Waals surface area contributed by atoms with Gasteiger partial charge in [-0.2, -0.15) is 0 Å². The third-order valence-electron chi connectivity index (χ3n) is 4.25. The van der Waals surface area contributed by atoms with Crippen molar-refractivity contribution in [1.82, 2.24) is 30.8 Å². The molecule has 0 aliphatic carbocycles. The van der Waals surface area contributed by atoms with Crippen molar-refractivity contribution in [2.24, 2.45) is 5.84 Å². The first-order valence-electron chi connectivity index (χ1n) is 8.67. The van der Waals surface area contributed by atoms with Crippen LogP contribution in [0, 0.1) is 0 Å². The predicted octanol–water partition coefficient (Wildman–Crippen LogP) is -0.239. The average Bonchev–Trinajstić information content (AvgIpc) is 2.78. The summed E-state index contributed by atoms with van der Waals surface area (Å²) in [6.45, 7) is 2.47. The summed E-state index contributed by atoms with van der Waals surface area (Å²) in [5.41, 5.74) is 2.80. The number of nitrogens with zero attached hydrogens (tertiary/aromatic N) is 6. The van der Waals surface area contributed by atoms with Gasteiger partial charge in [0, 0.05) is 24.7 Å². The molecular formula is C17H18N8O3. The molecule has 1 saturated heterocycles. The van der Waals surface area contributed by atoms with E-state index in [0.29, 0.717) is 38.0 Å². The highest BCUT2D eigenvalue weighted by Crippen LogP contribution is 2.27. The largest absolute Gasteiger partial charge is 0.471 e. The van der Waals surface area contributed by atoms with E-state index >= 15 is 0 Å². The first-order chi connectivity index (χ1) is 13.8. The Morgan fingerprint density at radius 3 is 2.64 bits per heavy atom. The van der Waals surface area contributed by atoms with Crippen molar-refractivity contribution in [3.63, 3.8) is 0 Å². The number of hydrogen-bond donors (Lipinski definition) is 2. The van der Waals surface area contributed by atoms with E-state index in [4.69, 9.17) is 15.3 Å². The minimum atomic E-state index is -1.21. The third-order valence-corrected chi connectivity index (χ3v) is 4.25. The maximum atomic E-state index is 12.3. The van der Waals surface area contributed by atoms with Gasteiger partial charge in [0.2, 0.25) is 11.9 Å². The minimum absolute atomic E-state index is 0.000790. The van der Waals surface area contributed by atoms with Gasteiger partial charge in [-0.15, -0.1) is 20.4 Å². The quantitative estimate of drug-likeness (QED) is 0.345. The van der Waals surface area contributed by atoms with Crippen LogP contribution in [0.15, 0.2) is 36.5 Å². The highest BCUT2D eigenvalue weighted by atomic mass is 16.5. The number of anilines is 1. The first kappa shape index (κ1) is 17.9. The van der Waals surface area contributed by atoms with Crippen molar-refractivity contribution in [1.29, 1.82) is 0 Å². The molecule has 144 valence electrons. The molecule has 0 saturated carbocycles. The van der Waals surface area contributed by atoms with E-state index in [1.807, 2.05) is 29.2 Å². The molecule has 0 spiro atoms. The molecule has 1 amide bonds. The summed E-state index contributed by atoms with van der Waals surface area (Å²) in [5, 5.41) is 17.0. The lowest BCUT2D eigenvalue weighted by molar-refractivity contribution is -0.128. The van der Waals surface area contributed by atoms with E-state index in [0.717, 1.165) is 10.9 Å². The number of para-hydroxylation sites is 1. The van der Waals surface area contributed by atoms with Crippen LogP contribution in [-0.4, -0.2) is 57.6 Å². The molecule has 1 fully saturated rings. The summed E-state index contributed by atoms with van der Waals surface area (Å²) in [6, 6.07) is 9.06. The molecule has 28 heavy (non-hydrogen) atoms. The Hall–Kier alpha value is -3.44. The highest BCUT2D eigenvalue weighted by molar-refractivity contribution is 5.86. The van der Waals surface area contributed by atoms with Gasteiger partial charge in [-0.1, -0.05) is 12.1 Å². The number of nitrogens with one attached hydrogen (secondary N) is 1. The Labute approximate surface area is 159 Å². The Bertz CT molecular complexity index is 957. The van der Waals surface area contributed by atoms with E-state index in [1.165, 1.54) is 0 Å². The van der Waals surface area contributed by atoms with Gasteiger partial charge in [0.1, 0.15) is 5.75 Å². The standard InChI is InChI=1S/C17H18N8O3/c18-20-16(26)14(28-13-5-6-19-12-4-2-1-3-11(12)13)15-21-23-17(24-22-15)25-7-9-27-10-8-25/h1-6,14H,7-10,18H2,(H,20,26). The van der Waals surface area contributed by atoms with Crippen LogP contribution in [0.3, 0.4) is 0 Å². The first-order valence-corrected chi connectivity index (χ1v) is 8.67. The lowest BCUT2D eigenvalue weighted by atomic mass is 10.2. The molecule has 3 aromatic rings. The van der Waals surface area contributed by atoms with E-state index in [9.17, 15) is 4.79 Å². The van der Waals surface area contributed by atoms with Gasteiger partial charge >= 0.3 is 0 Å². The number of ether oxygens (including phenoxy) is 2. The number of benzene rings is 1. The van der Waals surface area contributed by atoms with Crippen molar-refractivity contribution >= 4 is 22.8 Å². The molecule has 0 bridgehead atoms. The van der Waals surface area contributed by atoms with Crippen LogP contribution < -0.4 is 20.9 Å². The van der Waals surface area contributed by atoms with Gasteiger partial charge in [0.15, 0.2) is 0 Å². The number of morpholine rings is 1. The number of hydrazine groups is 1. The number of aromatic nitrogens is 5. The summed E-state index contributed by atoms with van der Waals surface area (Å²) in [6.07, 6.45) is 0.378. The molecule has 3 N–H and O–H groups in total. The number of hydrogen-bond acceptors (Lipinski definition) is 10. The molecule has 4 rings (SSSR count). The van der Waals surface area contributed by atoms with Gasteiger partial charge in [-0.05, 0) is 18.2 Å². The number of fused-ring (bicyclic) bond motifs is 1. The third kappa shape index (κ3) is 3.66. The molecule has 1 aliphatic rings. The van der Waals surface area contributed by atoms with Crippen LogP contribution in [0.1, 0.15) is 11.9 Å². The van der Waals surface area contributed by atoms with Crippen molar-refractivity contribution < 1.29 is 14.3 Å². The summed E-state index contributed by atoms with van der Waals surface area (Å²) in [4.78, 5) is 18.5. The summed E-state index contributed by atoms with van der Waals surface area (Å²) in [7, 11) is 0. The average molecular weight is 382 g/mol. The molecule has 2 aromatic heterocycles. The van der Waals surface area contributed by atoms with E-state index in [1.54, 1.807) is 12.3 Å². The van der Waals surface area contributed by atoms with Crippen molar-refractivity contribution in [2.45, 2.75) is 6.10 Å². The summed E-state index contributed by atoms with van der Waals surface area (Å²) >= 11 is 0. The second kappa shape index (κ2) is 8.06. The zero-order chi connectivity index (χ0) is 19.3. The van der Waals surface area contributed by atoms with Gasteiger partial charge < -0.3 is 14.4 Å². The van der Waals surface area contributed by atoms with Gasteiger partial charge in [-0.3, -0.25) is 15.2 Å². The fourth-order valence-corrected chi connectivity index (χ4v) is 2.83. The van der Waals surface area contributed by atoms with Crippen LogP contribution in [0.25, 0.3) is 10.9 Å². The molecule has 1 unspecified atom stereocenters. The maximum Gasteiger partial charge on any atom is 0.283 e. The van der Waals surface area contributed by atoms with Gasteiger partial charge in [-0.25, -0.2) is 5.84 Å². The van der Waals surface area contributed by atoms with Crippen molar-refractivity contribution in [3.05, 3.63) is 42.4 Å². The smallest absolute Gasteiger partial charge is 0.283 e. The Balaban J connectivity index is 1.62. The predicted molar refractivity (Wildman–Crippen MR) is 98.1 cm³/mol. The molecule has 1 aromatic carbocycles. The summed E-state index contributed by atoms with van der Waals surface area (Å²) < 4.78 is 11.2. The molecule has 1 atom stereocenters. The maximum absolute atomic E-state index is 12.3. The number of pyridine rings is 1. The summed E-state index contributed by atoms with van der Waals surface area (Å²) in [5.74, 6) is 5.51. The van der Waals surface area contributed by atoms with Crippen molar-refractivity contribution in [3.8, 4) is 5.75 Å². The molecule has 0 radical (unpaired) electrons. The lowest BCUT2D eigenvalue weighted by Crippen LogP contribution is -2.39. The monoisotopic (exact) mass is 382 g/mol. The number of nitrogens with two attached hydrogens (primary N) is 1.